The van der Waals surface area contributed by atoms with Gasteiger partial charge in [-0.15, -0.1) is 0 Å². The molecule has 0 unspecified atom stereocenters. The summed E-state index contributed by atoms with van der Waals surface area (Å²) >= 11 is 0. The van der Waals surface area contributed by atoms with E-state index in [1.165, 1.54) is 11.3 Å². The number of carbonyl (C=O) groups excluding carboxylic acids is 1. The Balaban J connectivity index is 1.34. The maximum atomic E-state index is 13.2. The molecule has 0 spiro atoms. The monoisotopic (exact) mass is 437 g/mol. The molecule has 5 heteroatoms. The summed E-state index contributed by atoms with van der Waals surface area (Å²) in [7, 11) is 0. The lowest BCUT2D eigenvalue weighted by Gasteiger charge is -2.36. The average Bonchev–Trinajstić information content (AvgIpc) is 3.35. The van der Waals surface area contributed by atoms with Crippen LogP contribution in [0.4, 0.5) is 5.69 Å². The Bertz CT molecular complexity index is 1170. The second-order valence-electron chi connectivity index (χ2n) is 8.44. The van der Waals surface area contributed by atoms with Crippen molar-refractivity contribution in [2.45, 2.75) is 12.8 Å². The number of para-hydroxylation sites is 1. The van der Waals surface area contributed by atoms with E-state index >= 15 is 0 Å². The molecule has 0 saturated carbocycles. The van der Waals surface area contributed by atoms with Crippen LogP contribution < -0.4 is 4.90 Å². The minimum absolute atomic E-state index is 0.0874. The molecule has 4 aromatic rings. The van der Waals surface area contributed by atoms with Crippen LogP contribution in [0.3, 0.4) is 0 Å². The van der Waals surface area contributed by atoms with Gasteiger partial charge in [0.25, 0.3) is 5.91 Å². The zero-order chi connectivity index (χ0) is 22.6. The minimum Gasteiger partial charge on any atom is -0.368 e. The van der Waals surface area contributed by atoms with Gasteiger partial charge in [0.05, 0.1) is 11.6 Å². The topological polar surface area (TPSA) is 49.6 Å². The van der Waals surface area contributed by atoms with Crippen LogP contribution >= 0.6 is 0 Å². The first-order chi connectivity index (χ1) is 16.2. The summed E-state index contributed by atoms with van der Waals surface area (Å²) < 4.78 is 5.58. The number of amides is 1. The summed E-state index contributed by atoms with van der Waals surface area (Å²) in [6.07, 6.45) is 0. The molecule has 1 aliphatic heterocycles. The van der Waals surface area contributed by atoms with Gasteiger partial charge in [-0.1, -0.05) is 84.0 Å². The van der Waals surface area contributed by atoms with Crippen LogP contribution in [-0.4, -0.2) is 42.1 Å². The van der Waals surface area contributed by atoms with Gasteiger partial charge in [-0.3, -0.25) is 4.79 Å². The van der Waals surface area contributed by atoms with Gasteiger partial charge in [0.2, 0.25) is 5.76 Å². The van der Waals surface area contributed by atoms with Crippen molar-refractivity contribution in [2.75, 3.05) is 31.1 Å². The summed E-state index contributed by atoms with van der Waals surface area (Å²) in [4.78, 5) is 17.4. The number of anilines is 1. The molecule has 33 heavy (non-hydrogen) atoms. The highest BCUT2D eigenvalue weighted by Crippen LogP contribution is 2.31. The number of carbonyl (C=O) groups is 1. The molecule has 166 valence electrons. The number of rotatable bonds is 5. The van der Waals surface area contributed by atoms with Gasteiger partial charge in [0.1, 0.15) is 0 Å². The SMILES string of the molecule is Cc1ccccc1N1CCN(C(=O)c2cc(C(c3ccccc3)c3ccccc3)no2)CC1. The van der Waals surface area contributed by atoms with Crippen molar-refractivity contribution in [1.29, 1.82) is 0 Å². The molecule has 5 nitrogen and oxygen atoms in total. The Labute approximate surface area is 194 Å². The first kappa shape index (κ1) is 21.0. The number of hydrogen-bond acceptors (Lipinski definition) is 4. The minimum atomic E-state index is -0.0990. The van der Waals surface area contributed by atoms with Crippen LogP contribution in [0.5, 0.6) is 0 Å². The zero-order valence-electron chi connectivity index (χ0n) is 18.7. The Morgan fingerprint density at radius 2 is 1.39 bits per heavy atom. The quantitative estimate of drug-likeness (QED) is 0.435. The first-order valence-corrected chi connectivity index (χ1v) is 11.4. The summed E-state index contributed by atoms with van der Waals surface area (Å²) in [6.45, 7) is 5.04. The van der Waals surface area contributed by atoms with Gasteiger partial charge in [-0.25, -0.2) is 0 Å². The van der Waals surface area contributed by atoms with Crippen LogP contribution in [0, 0.1) is 6.92 Å². The van der Waals surface area contributed by atoms with Crippen molar-refractivity contribution in [3.05, 3.63) is 119 Å². The van der Waals surface area contributed by atoms with Gasteiger partial charge in [0, 0.05) is 37.9 Å². The molecule has 1 aliphatic rings. The highest BCUT2D eigenvalue weighted by molar-refractivity contribution is 5.91. The van der Waals surface area contributed by atoms with Gasteiger partial charge >= 0.3 is 0 Å². The Hall–Kier alpha value is -3.86. The maximum Gasteiger partial charge on any atom is 0.292 e. The number of nitrogens with zero attached hydrogens (tertiary/aromatic N) is 3. The highest BCUT2D eigenvalue weighted by Gasteiger charge is 2.28. The summed E-state index contributed by atoms with van der Waals surface area (Å²) in [5.74, 6) is 0.111. The smallest absolute Gasteiger partial charge is 0.292 e. The predicted octanol–water partition coefficient (Wildman–Crippen LogP) is 5.13. The van der Waals surface area contributed by atoms with Crippen molar-refractivity contribution in [2.24, 2.45) is 0 Å². The molecule has 0 atom stereocenters. The second kappa shape index (κ2) is 9.33. The molecule has 0 radical (unpaired) electrons. The second-order valence-corrected chi connectivity index (χ2v) is 8.44. The van der Waals surface area contributed by atoms with Crippen LogP contribution in [0.25, 0.3) is 0 Å². The Morgan fingerprint density at radius 1 is 0.818 bits per heavy atom. The molecule has 0 bridgehead atoms. The normalized spacial score (nSPS) is 14.0. The number of piperazine rings is 1. The van der Waals surface area contributed by atoms with E-state index in [9.17, 15) is 4.79 Å². The first-order valence-electron chi connectivity index (χ1n) is 11.4. The fraction of sp³-hybridized carbons (Fsp3) is 0.214. The standard InChI is InChI=1S/C28H27N3O2/c1-21-10-8-9-15-25(21)30-16-18-31(19-17-30)28(32)26-20-24(29-33-26)27(22-11-4-2-5-12-22)23-13-6-3-7-14-23/h2-15,20,27H,16-19H2,1H3. The molecule has 3 aromatic carbocycles. The largest absolute Gasteiger partial charge is 0.368 e. The molecule has 1 amide bonds. The van der Waals surface area contributed by atoms with Gasteiger partial charge < -0.3 is 14.3 Å². The molecule has 1 fully saturated rings. The molecule has 5 rings (SSSR count). The number of aryl methyl sites for hydroxylation is 1. The lowest BCUT2D eigenvalue weighted by Crippen LogP contribution is -2.48. The van der Waals surface area contributed by atoms with Crippen LogP contribution in [0.2, 0.25) is 0 Å². The fourth-order valence-corrected chi connectivity index (χ4v) is 4.58. The summed E-state index contributed by atoms with van der Waals surface area (Å²) in [5, 5.41) is 4.33. The van der Waals surface area contributed by atoms with E-state index in [0.29, 0.717) is 18.8 Å². The van der Waals surface area contributed by atoms with E-state index in [1.54, 1.807) is 6.07 Å². The molecule has 1 saturated heterocycles. The number of hydrogen-bond donors (Lipinski definition) is 0. The van der Waals surface area contributed by atoms with Crippen molar-refractivity contribution in [1.82, 2.24) is 10.1 Å². The number of benzene rings is 3. The predicted molar refractivity (Wildman–Crippen MR) is 130 cm³/mol. The van der Waals surface area contributed by atoms with E-state index in [-0.39, 0.29) is 11.8 Å². The molecular formula is C28H27N3O2. The van der Waals surface area contributed by atoms with Crippen molar-refractivity contribution >= 4 is 11.6 Å². The van der Waals surface area contributed by atoms with Crippen molar-refractivity contribution in [3.63, 3.8) is 0 Å². The fourth-order valence-electron chi connectivity index (χ4n) is 4.58. The van der Waals surface area contributed by atoms with E-state index in [2.05, 4.69) is 65.5 Å². The van der Waals surface area contributed by atoms with Crippen molar-refractivity contribution in [3.8, 4) is 0 Å². The highest BCUT2D eigenvalue weighted by atomic mass is 16.5. The van der Waals surface area contributed by atoms with Crippen LogP contribution in [-0.2, 0) is 0 Å². The third-order valence-electron chi connectivity index (χ3n) is 6.32. The van der Waals surface area contributed by atoms with Gasteiger partial charge in [-0.2, -0.15) is 0 Å². The number of aromatic nitrogens is 1. The lowest BCUT2D eigenvalue weighted by atomic mass is 9.88. The van der Waals surface area contributed by atoms with Crippen LogP contribution in [0.15, 0.2) is 95.5 Å². The third-order valence-corrected chi connectivity index (χ3v) is 6.32. The van der Waals surface area contributed by atoms with Crippen LogP contribution in [0.1, 0.15) is 38.9 Å². The Kier molecular flexibility index (Phi) is 5.94. The lowest BCUT2D eigenvalue weighted by molar-refractivity contribution is 0.0704. The molecular weight excluding hydrogens is 410 g/mol. The maximum absolute atomic E-state index is 13.2. The molecule has 0 N–H and O–H groups in total. The van der Waals surface area contributed by atoms with E-state index in [4.69, 9.17) is 4.52 Å². The summed E-state index contributed by atoms with van der Waals surface area (Å²) in [6, 6.07) is 30.6. The summed E-state index contributed by atoms with van der Waals surface area (Å²) in [5.41, 5.74) is 5.46. The van der Waals surface area contributed by atoms with Gasteiger partial charge in [0.15, 0.2) is 0 Å². The van der Waals surface area contributed by atoms with Gasteiger partial charge in [-0.05, 0) is 29.7 Å². The molecule has 0 aliphatic carbocycles. The van der Waals surface area contributed by atoms with E-state index in [1.807, 2.05) is 41.3 Å². The average molecular weight is 438 g/mol. The molecule has 1 aromatic heterocycles. The van der Waals surface area contributed by atoms with E-state index < -0.39 is 0 Å². The molecule has 2 heterocycles. The zero-order valence-corrected chi connectivity index (χ0v) is 18.7. The third kappa shape index (κ3) is 4.40. The Morgan fingerprint density at radius 3 is 2.00 bits per heavy atom. The van der Waals surface area contributed by atoms with E-state index in [0.717, 1.165) is 29.9 Å². The van der Waals surface area contributed by atoms with Crippen molar-refractivity contribution < 1.29 is 9.32 Å².